The second-order valence-corrected chi connectivity index (χ2v) is 6.09. The molecule has 0 aliphatic carbocycles. The van der Waals surface area contributed by atoms with E-state index >= 15 is 0 Å². The first-order chi connectivity index (χ1) is 11.2. The Bertz CT molecular complexity index is 718. The van der Waals surface area contributed by atoms with Crippen LogP contribution >= 0.6 is 12.2 Å². The van der Waals surface area contributed by atoms with Crippen LogP contribution in [0.25, 0.3) is 10.8 Å². The van der Waals surface area contributed by atoms with Gasteiger partial charge in [-0.1, -0.05) is 42.5 Å². The van der Waals surface area contributed by atoms with Crippen LogP contribution in [-0.2, 0) is 4.74 Å². The second-order valence-electron chi connectivity index (χ2n) is 5.68. The van der Waals surface area contributed by atoms with E-state index in [0.717, 1.165) is 37.3 Å². The molecule has 2 aromatic rings. The number of rotatable bonds is 4. The van der Waals surface area contributed by atoms with Crippen LogP contribution in [0.5, 0.6) is 0 Å². The van der Waals surface area contributed by atoms with Gasteiger partial charge in [-0.3, -0.25) is 5.43 Å². The fourth-order valence-corrected chi connectivity index (χ4v) is 2.92. The monoisotopic (exact) mass is 327 g/mol. The molecule has 0 aromatic heterocycles. The number of hydrogen-bond acceptors (Lipinski definition) is 3. The van der Waals surface area contributed by atoms with Crippen molar-refractivity contribution in [2.24, 2.45) is 5.10 Å². The lowest BCUT2D eigenvalue weighted by molar-refractivity contribution is 0.114. The molecule has 1 unspecified atom stereocenters. The molecule has 23 heavy (non-hydrogen) atoms. The van der Waals surface area contributed by atoms with Crippen molar-refractivity contribution in [3.8, 4) is 0 Å². The van der Waals surface area contributed by atoms with Crippen LogP contribution in [0, 0.1) is 0 Å². The van der Waals surface area contributed by atoms with Crippen molar-refractivity contribution in [2.75, 3.05) is 13.2 Å². The van der Waals surface area contributed by atoms with E-state index in [0.29, 0.717) is 5.11 Å². The van der Waals surface area contributed by atoms with Crippen LogP contribution in [0.1, 0.15) is 25.3 Å². The number of benzene rings is 2. The first kappa shape index (κ1) is 15.9. The Morgan fingerprint density at radius 3 is 2.91 bits per heavy atom. The Morgan fingerprint density at radius 1 is 1.26 bits per heavy atom. The summed E-state index contributed by atoms with van der Waals surface area (Å²) in [5, 5.41) is 10.5. The largest absolute Gasteiger partial charge is 0.376 e. The fourth-order valence-electron chi connectivity index (χ4n) is 2.79. The average molecular weight is 327 g/mol. The van der Waals surface area contributed by atoms with E-state index in [1.807, 2.05) is 25.1 Å². The number of nitrogens with one attached hydrogen (secondary N) is 2. The van der Waals surface area contributed by atoms with Gasteiger partial charge >= 0.3 is 0 Å². The van der Waals surface area contributed by atoms with E-state index in [1.165, 1.54) is 10.8 Å². The van der Waals surface area contributed by atoms with Gasteiger partial charge in [-0.15, -0.1) is 0 Å². The molecule has 0 bridgehead atoms. The second kappa shape index (κ2) is 7.53. The van der Waals surface area contributed by atoms with Gasteiger partial charge in [0.2, 0.25) is 0 Å². The molecule has 2 N–H and O–H groups in total. The van der Waals surface area contributed by atoms with Crippen molar-refractivity contribution in [2.45, 2.75) is 25.9 Å². The summed E-state index contributed by atoms with van der Waals surface area (Å²) in [5.41, 5.74) is 4.94. The summed E-state index contributed by atoms with van der Waals surface area (Å²) in [6.45, 7) is 3.57. The first-order valence-corrected chi connectivity index (χ1v) is 8.33. The summed E-state index contributed by atoms with van der Waals surface area (Å²) in [5.74, 6) is 0. The van der Waals surface area contributed by atoms with E-state index in [2.05, 4.69) is 40.1 Å². The van der Waals surface area contributed by atoms with Gasteiger partial charge in [-0.2, -0.15) is 5.10 Å². The van der Waals surface area contributed by atoms with Gasteiger partial charge < -0.3 is 10.1 Å². The Labute approximate surface area is 141 Å². The molecule has 5 heteroatoms. The Balaban J connectivity index is 1.63. The smallest absolute Gasteiger partial charge is 0.187 e. The summed E-state index contributed by atoms with van der Waals surface area (Å²) >= 11 is 5.27. The van der Waals surface area contributed by atoms with Crippen LogP contribution in [0.4, 0.5) is 0 Å². The third-order valence-electron chi connectivity index (χ3n) is 4.02. The Kier molecular flexibility index (Phi) is 5.20. The summed E-state index contributed by atoms with van der Waals surface area (Å²) in [4.78, 5) is 0. The van der Waals surface area contributed by atoms with Gasteiger partial charge in [-0.05, 0) is 42.8 Å². The summed E-state index contributed by atoms with van der Waals surface area (Å²) in [7, 11) is 0. The highest BCUT2D eigenvalue weighted by Gasteiger charge is 2.15. The Morgan fingerprint density at radius 2 is 2.09 bits per heavy atom. The van der Waals surface area contributed by atoms with Crippen molar-refractivity contribution in [1.29, 1.82) is 0 Å². The van der Waals surface area contributed by atoms with E-state index in [9.17, 15) is 0 Å². The molecule has 1 heterocycles. The number of thiocarbonyl (C=S) groups is 1. The van der Waals surface area contributed by atoms with Crippen LogP contribution in [0.3, 0.4) is 0 Å². The van der Waals surface area contributed by atoms with Crippen molar-refractivity contribution in [3.63, 3.8) is 0 Å². The maximum atomic E-state index is 5.56. The molecule has 0 radical (unpaired) electrons. The molecule has 1 aliphatic heterocycles. The molecule has 4 nitrogen and oxygen atoms in total. The molecule has 120 valence electrons. The van der Waals surface area contributed by atoms with Gasteiger partial charge in [-0.25, -0.2) is 0 Å². The molecule has 0 spiro atoms. The van der Waals surface area contributed by atoms with Gasteiger partial charge in [0.25, 0.3) is 0 Å². The SMILES string of the molecule is CC(=NNC(=S)NCC1CCCO1)c1cccc2ccccc12. The molecule has 3 rings (SSSR count). The minimum atomic E-state index is 0.262. The molecular formula is C18H21N3OS. The molecule has 0 saturated carbocycles. The topological polar surface area (TPSA) is 45.7 Å². The summed E-state index contributed by atoms with van der Waals surface area (Å²) in [6.07, 6.45) is 2.48. The van der Waals surface area contributed by atoms with Crippen molar-refractivity contribution in [3.05, 3.63) is 48.0 Å². The number of nitrogens with zero attached hydrogens (tertiary/aromatic N) is 1. The maximum absolute atomic E-state index is 5.56. The Hall–Kier alpha value is -1.98. The lowest BCUT2D eigenvalue weighted by atomic mass is 10.0. The normalized spacial score (nSPS) is 18.1. The quantitative estimate of drug-likeness (QED) is 0.514. The number of hydrogen-bond donors (Lipinski definition) is 2. The number of ether oxygens (including phenoxy) is 1. The van der Waals surface area contributed by atoms with Crippen LogP contribution in [0.15, 0.2) is 47.6 Å². The van der Waals surface area contributed by atoms with Gasteiger partial charge in [0, 0.05) is 18.7 Å². The average Bonchev–Trinajstić information content (AvgIpc) is 3.11. The molecule has 1 fully saturated rings. The standard InChI is InChI=1S/C18H21N3OS/c1-13(16-10-4-7-14-6-2-3-9-17(14)16)20-21-18(23)19-12-15-8-5-11-22-15/h2-4,6-7,9-10,15H,5,8,11-12H2,1H3,(H2,19,21,23). The van der Waals surface area contributed by atoms with Crippen molar-refractivity contribution in [1.82, 2.24) is 10.7 Å². The molecule has 0 amide bonds. The third kappa shape index (κ3) is 4.06. The van der Waals surface area contributed by atoms with Crippen LogP contribution in [0.2, 0.25) is 0 Å². The minimum Gasteiger partial charge on any atom is -0.376 e. The minimum absolute atomic E-state index is 0.262. The molecular weight excluding hydrogens is 306 g/mol. The predicted octanol–water partition coefficient (Wildman–Crippen LogP) is 3.21. The maximum Gasteiger partial charge on any atom is 0.187 e. The van der Waals surface area contributed by atoms with Gasteiger partial charge in [0.1, 0.15) is 0 Å². The highest BCUT2D eigenvalue weighted by Crippen LogP contribution is 2.19. The van der Waals surface area contributed by atoms with Crippen LogP contribution < -0.4 is 10.7 Å². The number of hydrazone groups is 1. The van der Waals surface area contributed by atoms with Crippen molar-refractivity contribution < 1.29 is 4.74 Å². The molecule has 1 aliphatic rings. The van der Waals surface area contributed by atoms with Gasteiger partial charge in [0.05, 0.1) is 11.8 Å². The van der Waals surface area contributed by atoms with E-state index in [-0.39, 0.29) is 6.10 Å². The van der Waals surface area contributed by atoms with Gasteiger partial charge in [0.15, 0.2) is 5.11 Å². The zero-order valence-corrected chi connectivity index (χ0v) is 14.0. The highest BCUT2D eigenvalue weighted by molar-refractivity contribution is 7.80. The third-order valence-corrected chi connectivity index (χ3v) is 4.25. The fraction of sp³-hybridized carbons (Fsp3) is 0.333. The zero-order valence-electron chi connectivity index (χ0n) is 13.2. The summed E-state index contributed by atoms with van der Waals surface area (Å²) < 4.78 is 5.56. The lowest BCUT2D eigenvalue weighted by Crippen LogP contribution is -2.37. The van der Waals surface area contributed by atoms with Crippen molar-refractivity contribution >= 4 is 33.8 Å². The molecule has 1 atom stereocenters. The van der Waals surface area contributed by atoms with E-state index in [1.54, 1.807) is 0 Å². The highest BCUT2D eigenvalue weighted by atomic mass is 32.1. The first-order valence-electron chi connectivity index (χ1n) is 7.92. The number of fused-ring (bicyclic) bond motifs is 1. The van der Waals surface area contributed by atoms with E-state index in [4.69, 9.17) is 17.0 Å². The zero-order chi connectivity index (χ0) is 16.1. The van der Waals surface area contributed by atoms with E-state index < -0.39 is 0 Å². The predicted molar refractivity (Wildman–Crippen MR) is 98.9 cm³/mol. The molecule has 1 saturated heterocycles. The lowest BCUT2D eigenvalue weighted by Gasteiger charge is -2.12. The van der Waals surface area contributed by atoms with Crippen LogP contribution in [-0.4, -0.2) is 30.1 Å². The molecule has 2 aromatic carbocycles. The summed E-state index contributed by atoms with van der Waals surface area (Å²) in [6, 6.07) is 14.5.